The van der Waals surface area contributed by atoms with Crippen LogP contribution in [0.15, 0.2) is 59.8 Å². The lowest BCUT2D eigenvalue weighted by Crippen LogP contribution is -2.39. The maximum Gasteiger partial charge on any atom is 0.251 e. The third kappa shape index (κ3) is 5.62. The molecule has 2 aliphatic rings. The summed E-state index contributed by atoms with van der Waals surface area (Å²) in [7, 11) is -3.54. The second kappa shape index (κ2) is 9.65. The molecule has 2 amide bonds. The van der Waals surface area contributed by atoms with Gasteiger partial charge in [0.05, 0.1) is 10.1 Å². The third-order valence-corrected chi connectivity index (χ3v) is 8.17. The van der Waals surface area contributed by atoms with E-state index in [2.05, 4.69) is 15.6 Å². The van der Waals surface area contributed by atoms with Gasteiger partial charge in [0, 0.05) is 36.1 Å². The van der Waals surface area contributed by atoms with E-state index in [4.69, 9.17) is 0 Å². The Kier molecular flexibility index (Phi) is 6.69. The summed E-state index contributed by atoms with van der Waals surface area (Å²) in [6.07, 6.45) is 10.6. The number of pyridine rings is 1. The predicted octanol–water partition coefficient (Wildman–Crippen LogP) is 2.89. The summed E-state index contributed by atoms with van der Waals surface area (Å²) >= 11 is 0. The fraction of sp³-hybridized carbons (Fsp3) is 0.375. The molecular weight excluding hydrogens is 426 g/mol. The second-order valence-electron chi connectivity index (χ2n) is 8.42. The maximum atomic E-state index is 13.1. The molecule has 1 aromatic heterocycles. The molecule has 0 radical (unpaired) electrons. The van der Waals surface area contributed by atoms with Crippen molar-refractivity contribution in [3.05, 3.63) is 66.0 Å². The van der Waals surface area contributed by atoms with Crippen molar-refractivity contribution in [3.8, 4) is 0 Å². The minimum atomic E-state index is -3.54. The summed E-state index contributed by atoms with van der Waals surface area (Å²) in [6, 6.07) is 10.1. The zero-order valence-corrected chi connectivity index (χ0v) is 18.6. The van der Waals surface area contributed by atoms with Crippen molar-refractivity contribution >= 4 is 27.7 Å². The Hall–Kier alpha value is -3.00. The van der Waals surface area contributed by atoms with Crippen molar-refractivity contribution < 1.29 is 18.0 Å². The van der Waals surface area contributed by atoms with Gasteiger partial charge in [-0.2, -0.15) is 0 Å². The van der Waals surface area contributed by atoms with Gasteiger partial charge in [-0.3, -0.25) is 14.6 Å². The molecule has 0 unspecified atom stereocenters. The Morgan fingerprint density at radius 3 is 2.34 bits per heavy atom. The molecule has 2 saturated carbocycles. The molecule has 2 fully saturated rings. The van der Waals surface area contributed by atoms with Crippen molar-refractivity contribution in [2.75, 3.05) is 0 Å². The molecule has 4 rings (SSSR count). The Balaban J connectivity index is 1.32. The van der Waals surface area contributed by atoms with Crippen LogP contribution in [-0.2, 0) is 14.6 Å². The molecule has 0 atom stereocenters. The van der Waals surface area contributed by atoms with Crippen LogP contribution in [-0.4, -0.2) is 42.5 Å². The number of hydrogen-bond acceptors (Lipinski definition) is 5. The van der Waals surface area contributed by atoms with Crippen molar-refractivity contribution in [1.29, 1.82) is 0 Å². The SMILES string of the molecule is O=C(C=Cc1cccnc1)NC1CCC(S(=O)(=O)c2cccc(C(=O)NC3CC3)c2)CC1. The summed E-state index contributed by atoms with van der Waals surface area (Å²) in [5.74, 6) is -0.426. The van der Waals surface area contributed by atoms with Gasteiger partial charge in [-0.1, -0.05) is 12.1 Å². The van der Waals surface area contributed by atoms with Crippen LogP contribution in [0.2, 0.25) is 0 Å². The van der Waals surface area contributed by atoms with Crippen LogP contribution in [0.3, 0.4) is 0 Å². The normalized spacial score (nSPS) is 21.2. The summed E-state index contributed by atoms with van der Waals surface area (Å²) in [5, 5.41) is 5.33. The largest absolute Gasteiger partial charge is 0.350 e. The van der Waals surface area contributed by atoms with Gasteiger partial charge >= 0.3 is 0 Å². The standard InChI is InChI=1S/C24H27N3O4S/c28-23(13-6-17-3-2-14-25-16-17)26-19-9-11-21(12-10-19)32(30,31)22-5-1-4-18(15-22)24(29)27-20-7-8-20/h1-6,13-16,19-21H,7-12H2,(H,26,28)(H,27,29). The van der Waals surface area contributed by atoms with Crippen LogP contribution in [0, 0.1) is 0 Å². The van der Waals surface area contributed by atoms with Gasteiger partial charge in [0.1, 0.15) is 0 Å². The van der Waals surface area contributed by atoms with Crippen molar-refractivity contribution in [2.45, 2.75) is 60.8 Å². The predicted molar refractivity (Wildman–Crippen MR) is 122 cm³/mol. The fourth-order valence-corrected chi connectivity index (χ4v) is 5.75. The Morgan fingerprint density at radius 1 is 0.938 bits per heavy atom. The topological polar surface area (TPSA) is 105 Å². The highest BCUT2D eigenvalue weighted by atomic mass is 32.2. The molecular formula is C24H27N3O4S. The molecule has 32 heavy (non-hydrogen) atoms. The van der Waals surface area contributed by atoms with Crippen molar-refractivity contribution in [1.82, 2.24) is 15.6 Å². The van der Waals surface area contributed by atoms with Crippen LogP contribution < -0.4 is 10.6 Å². The average molecular weight is 454 g/mol. The molecule has 0 saturated heterocycles. The number of nitrogens with one attached hydrogen (secondary N) is 2. The first-order valence-electron chi connectivity index (χ1n) is 11.0. The Labute approximate surface area is 188 Å². The summed E-state index contributed by atoms with van der Waals surface area (Å²) in [5.41, 5.74) is 1.21. The third-order valence-electron chi connectivity index (χ3n) is 5.91. The molecule has 0 aliphatic heterocycles. The van der Waals surface area contributed by atoms with Gasteiger partial charge in [-0.15, -0.1) is 0 Å². The number of hydrogen-bond donors (Lipinski definition) is 2. The number of sulfone groups is 1. The van der Waals surface area contributed by atoms with Crippen LogP contribution >= 0.6 is 0 Å². The van der Waals surface area contributed by atoms with E-state index in [1.165, 1.54) is 12.1 Å². The molecule has 8 heteroatoms. The van der Waals surface area contributed by atoms with Gasteiger partial charge < -0.3 is 10.6 Å². The second-order valence-corrected chi connectivity index (χ2v) is 10.7. The molecule has 1 aromatic carbocycles. The number of benzene rings is 1. The van der Waals surface area contributed by atoms with Gasteiger partial charge in [-0.25, -0.2) is 8.42 Å². The highest BCUT2D eigenvalue weighted by Gasteiger charge is 2.33. The number of aromatic nitrogens is 1. The Morgan fingerprint density at radius 2 is 1.66 bits per heavy atom. The number of rotatable bonds is 7. The first-order valence-corrected chi connectivity index (χ1v) is 12.5. The van der Waals surface area contributed by atoms with E-state index in [0.29, 0.717) is 31.2 Å². The zero-order chi connectivity index (χ0) is 22.6. The first-order chi connectivity index (χ1) is 15.4. The highest BCUT2D eigenvalue weighted by molar-refractivity contribution is 7.92. The molecule has 0 bridgehead atoms. The number of carbonyl (C=O) groups is 2. The number of nitrogens with zero attached hydrogens (tertiary/aromatic N) is 1. The van der Waals surface area contributed by atoms with E-state index < -0.39 is 15.1 Å². The Bertz CT molecular complexity index is 1100. The number of carbonyl (C=O) groups excluding carboxylic acids is 2. The molecule has 1 heterocycles. The monoisotopic (exact) mass is 453 g/mol. The molecule has 2 aromatic rings. The lowest BCUT2D eigenvalue weighted by Gasteiger charge is -2.28. The van der Waals surface area contributed by atoms with Crippen LogP contribution in [0.25, 0.3) is 6.08 Å². The van der Waals surface area contributed by atoms with Crippen LogP contribution in [0.1, 0.15) is 54.4 Å². The fourth-order valence-electron chi connectivity index (χ4n) is 3.92. The lowest BCUT2D eigenvalue weighted by molar-refractivity contribution is -0.117. The minimum Gasteiger partial charge on any atom is -0.350 e. The molecule has 2 N–H and O–H groups in total. The van der Waals surface area contributed by atoms with E-state index in [-0.39, 0.29) is 28.8 Å². The molecule has 168 valence electrons. The van der Waals surface area contributed by atoms with E-state index in [1.807, 2.05) is 6.07 Å². The lowest BCUT2D eigenvalue weighted by atomic mass is 9.95. The minimum absolute atomic E-state index is 0.0526. The van der Waals surface area contributed by atoms with Gasteiger partial charge in [0.15, 0.2) is 9.84 Å². The highest BCUT2D eigenvalue weighted by Crippen LogP contribution is 2.29. The summed E-state index contributed by atoms with van der Waals surface area (Å²) in [4.78, 5) is 28.7. The van der Waals surface area contributed by atoms with Crippen molar-refractivity contribution in [3.63, 3.8) is 0 Å². The quantitative estimate of drug-likeness (QED) is 0.627. The van der Waals surface area contributed by atoms with Gasteiger partial charge in [-0.05, 0) is 74.4 Å². The zero-order valence-electron chi connectivity index (χ0n) is 17.7. The van der Waals surface area contributed by atoms with E-state index in [0.717, 1.165) is 18.4 Å². The molecule has 2 aliphatic carbocycles. The first kappa shape index (κ1) is 22.2. The van der Waals surface area contributed by atoms with E-state index in [1.54, 1.807) is 42.7 Å². The summed E-state index contributed by atoms with van der Waals surface area (Å²) in [6.45, 7) is 0. The van der Waals surface area contributed by atoms with Crippen LogP contribution in [0.5, 0.6) is 0 Å². The molecule has 0 spiro atoms. The van der Waals surface area contributed by atoms with Crippen molar-refractivity contribution in [2.24, 2.45) is 0 Å². The average Bonchev–Trinajstić information content (AvgIpc) is 3.63. The van der Waals surface area contributed by atoms with Crippen LogP contribution in [0.4, 0.5) is 0 Å². The smallest absolute Gasteiger partial charge is 0.251 e. The number of amides is 2. The van der Waals surface area contributed by atoms with Gasteiger partial charge in [0.2, 0.25) is 5.91 Å². The van der Waals surface area contributed by atoms with E-state index >= 15 is 0 Å². The molecule has 7 nitrogen and oxygen atoms in total. The maximum absolute atomic E-state index is 13.1. The summed E-state index contributed by atoms with van der Waals surface area (Å²) < 4.78 is 26.3. The van der Waals surface area contributed by atoms with Gasteiger partial charge in [0.25, 0.3) is 5.91 Å². The van der Waals surface area contributed by atoms with E-state index in [9.17, 15) is 18.0 Å².